The number of carboxylic acid groups (broad SMARTS) is 1. The second kappa shape index (κ2) is 6.00. The maximum absolute atomic E-state index is 11.0. The van der Waals surface area contributed by atoms with Gasteiger partial charge in [0.2, 0.25) is 0 Å². The Morgan fingerprint density at radius 3 is 1.70 bits per heavy atom. The summed E-state index contributed by atoms with van der Waals surface area (Å²) in [5.41, 5.74) is 0.909. The summed E-state index contributed by atoms with van der Waals surface area (Å²) in [4.78, 5) is 11.0. The quantitative estimate of drug-likeness (QED) is 0.628. The molecule has 0 unspecified atom stereocenters. The van der Waals surface area contributed by atoms with Gasteiger partial charge in [0.15, 0.2) is 0 Å². The van der Waals surface area contributed by atoms with Gasteiger partial charge in [0.1, 0.15) is 0 Å². The summed E-state index contributed by atoms with van der Waals surface area (Å²) < 4.78 is 0. The van der Waals surface area contributed by atoms with E-state index in [0.717, 1.165) is 0 Å². The van der Waals surface area contributed by atoms with E-state index in [4.69, 9.17) is 63.1 Å². The molecule has 0 spiro atoms. The molecule has 7 heteroatoms. The lowest BCUT2D eigenvalue weighted by atomic mass is 10.0. The van der Waals surface area contributed by atoms with Crippen molar-refractivity contribution in [3.63, 3.8) is 0 Å². The van der Waals surface area contributed by atoms with Crippen molar-refractivity contribution in [2.75, 3.05) is 0 Å². The molecular weight excluding hydrogens is 365 g/mol. The highest BCUT2D eigenvalue weighted by molar-refractivity contribution is 6.44. The standard InChI is InChI=1S/C13H5Cl5O2/c14-8-3-7(13(19)20)9(15)1-5(8)6-2-11(17)12(18)4-10(6)16/h1-4H,(H,19,20). The molecule has 2 rings (SSSR count). The molecule has 0 aromatic heterocycles. The maximum Gasteiger partial charge on any atom is 0.337 e. The fourth-order valence-corrected chi connectivity index (χ4v) is 2.80. The van der Waals surface area contributed by atoms with Crippen molar-refractivity contribution in [2.45, 2.75) is 0 Å². The minimum absolute atomic E-state index is 0.0547. The molecule has 0 aliphatic heterocycles. The molecule has 2 aromatic carbocycles. The fourth-order valence-electron chi connectivity index (χ4n) is 1.65. The Kier molecular flexibility index (Phi) is 4.73. The summed E-state index contributed by atoms with van der Waals surface area (Å²) >= 11 is 29.9. The Labute approximate surface area is 139 Å². The zero-order chi connectivity index (χ0) is 15.0. The molecule has 0 aliphatic carbocycles. The van der Waals surface area contributed by atoms with Crippen LogP contribution in [0.4, 0.5) is 0 Å². The number of benzene rings is 2. The number of hydrogen-bond acceptors (Lipinski definition) is 1. The van der Waals surface area contributed by atoms with Crippen molar-refractivity contribution in [1.82, 2.24) is 0 Å². The van der Waals surface area contributed by atoms with Crippen LogP contribution >= 0.6 is 58.0 Å². The Balaban J connectivity index is 2.68. The third kappa shape index (κ3) is 3.00. The van der Waals surface area contributed by atoms with Crippen LogP contribution in [0.5, 0.6) is 0 Å². The van der Waals surface area contributed by atoms with Gasteiger partial charge in [-0.3, -0.25) is 0 Å². The highest BCUT2D eigenvalue weighted by atomic mass is 35.5. The SMILES string of the molecule is O=C(O)c1cc(Cl)c(-c2cc(Cl)c(Cl)cc2Cl)cc1Cl. The molecule has 0 radical (unpaired) electrons. The summed E-state index contributed by atoms with van der Waals surface area (Å²) in [6.07, 6.45) is 0. The van der Waals surface area contributed by atoms with E-state index in [1.807, 2.05) is 0 Å². The summed E-state index contributed by atoms with van der Waals surface area (Å²) in [5.74, 6) is -1.16. The fraction of sp³-hybridized carbons (Fsp3) is 0. The van der Waals surface area contributed by atoms with E-state index in [1.54, 1.807) is 6.07 Å². The van der Waals surface area contributed by atoms with Gasteiger partial charge >= 0.3 is 5.97 Å². The average molecular weight is 370 g/mol. The number of carboxylic acids is 1. The van der Waals surface area contributed by atoms with E-state index in [-0.39, 0.29) is 15.6 Å². The van der Waals surface area contributed by atoms with Crippen LogP contribution in [0.25, 0.3) is 11.1 Å². The van der Waals surface area contributed by atoms with Crippen LogP contribution < -0.4 is 0 Å². The van der Waals surface area contributed by atoms with Crippen molar-refractivity contribution in [1.29, 1.82) is 0 Å². The van der Waals surface area contributed by atoms with E-state index in [9.17, 15) is 4.79 Å². The van der Waals surface area contributed by atoms with Gasteiger partial charge in [-0.05, 0) is 24.3 Å². The highest BCUT2D eigenvalue weighted by Crippen LogP contribution is 2.40. The zero-order valence-electron chi connectivity index (χ0n) is 9.55. The average Bonchev–Trinajstić information content (AvgIpc) is 2.36. The van der Waals surface area contributed by atoms with Crippen molar-refractivity contribution < 1.29 is 9.90 Å². The van der Waals surface area contributed by atoms with Gasteiger partial charge in [-0.25, -0.2) is 4.79 Å². The van der Waals surface area contributed by atoms with Crippen LogP contribution in [0.1, 0.15) is 10.4 Å². The van der Waals surface area contributed by atoms with Gasteiger partial charge in [0.05, 0.1) is 25.7 Å². The van der Waals surface area contributed by atoms with Crippen LogP contribution in [0.15, 0.2) is 24.3 Å². The second-order valence-electron chi connectivity index (χ2n) is 3.86. The lowest BCUT2D eigenvalue weighted by molar-refractivity contribution is 0.0697. The molecule has 0 atom stereocenters. The predicted octanol–water partition coefficient (Wildman–Crippen LogP) is 6.32. The van der Waals surface area contributed by atoms with E-state index in [2.05, 4.69) is 0 Å². The number of carbonyl (C=O) groups is 1. The largest absolute Gasteiger partial charge is 0.478 e. The molecule has 2 aromatic rings. The Morgan fingerprint density at radius 1 is 0.700 bits per heavy atom. The third-order valence-electron chi connectivity index (χ3n) is 2.59. The molecule has 0 amide bonds. The van der Waals surface area contributed by atoms with E-state index < -0.39 is 5.97 Å². The van der Waals surface area contributed by atoms with Gasteiger partial charge < -0.3 is 5.11 Å². The molecule has 1 N–H and O–H groups in total. The van der Waals surface area contributed by atoms with Crippen LogP contribution in [0.2, 0.25) is 25.1 Å². The zero-order valence-corrected chi connectivity index (χ0v) is 13.3. The first kappa shape index (κ1) is 15.7. The molecular formula is C13H5Cl5O2. The van der Waals surface area contributed by atoms with E-state index >= 15 is 0 Å². The molecule has 0 heterocycles. The van der Waals surface area contributed by atoms with Gasteiger partial charge in [0, 0.05) is 16.1 Å². The monoisotopic (exact) mass is 368 g/mol. The molecule has 104 valence electrons. The minimum Gasteiger partial charge on any atom is -0.478 e. The second-order valence-corrected chi connectivity index (χ2v) is 5.90. The summed E-state index contributed by atoms with van der Waals surface area (Å²) in [6.45, 7) is 0. The molecule has 0 saturated carbocycles. The normalized spacial score (nSPS) is 10.7. The molecule has 0 aliphatic rings. The van der Waals surface area contributed by atoms with Crippen LogP contribution in [0, 0.1) is 0 Å². The Morgan fingerprint density at radius 2 is 1.15 bits per heavy atom. The number of aromatic carboxylic acids is 1. The lowest BCUT2D eigenvalue weighted by Gasteiger charge is -2.10. The van der Waals surface area contributed by atoms with Crippen LogP contribution in [-0.4, -0.2) is 11.1 Å². The Hall–Kier alpha value is -0.640. The first-order valence-electron chi connectivity index (χ1n) is 5.18. The molecule has 0 fully saturated rings. The van der Waals surface area contributed by atoms with Crippen LogP contribution in [0.3, 0.4) is 0 Å². The van der Waals surface area contributed by atoms with E-state index in [1.165, 1.54) is 18.2 Å². The molecule has 0 bridgehead atoms. The summed E-state index contributed by atoms with van der Waals surface area (Å²) in [5, 5.41) is 10.2. The lowest BCUT2D eigenvalue weighted by Crippen LogP contribution is -1.98. The first-order chi connectivity index (χ1) is 9.31. The van der Waals surface area contributed by atoms with Gasteiger partial charge in [0.25, 0.3) is 0 Å². The van der Waals surface area contributed by atoms with Crippen LogP contribution in [-0.2, 0) is 0 Å². The third-order valence-corrected chi connectivity index (χ3v) is 4.25. The van der Waals surface area contributed by atoms with Gasteiger partial charge in [-0.2, -0.15) is 0 Å². The van der Waals surface area contributed by atoms with Crippen molar-refractivity contribution in [2.24, 2.45) is 0 Å². The molecule has 2 nitrogen and oxygen atoms in total. The highest BCUT2D eigenvalue weighted by Gasteiger charge is 2.16. The number of halogens is 5. The molecule has 20 heavy (non-hydrogen) atoms. The van der Waals surface area contributed by atoms with Gasteiger partial charge in [-0.1, -0.05) is 58.0 Å². The number of hydrogen-bond donors (Lipinski definition) is 1. The van der Waals surface area contributed by atoms with E-state index in [0.29, 0.717) is 26.2 Å². The van der Waals surface area contributed by atoms with Gasteiger partial charge in [-0.15, -0.1) is 0 Å². The number of rotatable bonds is 2. The predicted molar refractivity (Wildman–Crippen MR) is 83.9 cm³/mol. The Bertz CT molecular complexity index is 712. The topological polar surface area (TPSA) is 37.3 Å². The first-order valence-corrected chi connectivity index (χ1v) is 7.07. The van der Waals surface area contributed by atoms with Crippen molar-refractivity contribution in [3.05, 3.63) is 54.9 Å². The van der Waals surface area contributed by atoms with Crippen molar-refractivity contribution in [3.8, 4) is 11.1 Å². The molecule has 0 saturated heterocycles. The summed E-state index contributed by atoms with van der Waals surface area (Å²) in [7, 11) is 0. The smallest absolute Gasteiger partial charge is 0.337 e. The summed E-state index contributed by atoms with van der Waals surface area (Å²) in [6, 6.07) is 5.72. The maximum atomic E-state index is 11.0. The minimum atomic E-state index is -1.16. The van der Waals surface area contributed by atoms with Crippen molar-refractivity contribution >= 4 is 64.0 Å².